The van der Waals surface area contributed by atoms with Crippen molar-refractivity contribution in [2.45, 2.75) is 38.0 Å². The summed E-state index contributed by atoms with van der Waals surface area (Å²) in [5.74, 6) is 0.241. The predicted octanol–water partition coefficient (Wildman–Crippen LogP) is 2.21. The second-order valence-electron chi connectivity index (χ2n) is 6.50. The maximum absolute atomic E-state index is 12.2. The Bertz CT molecular complexity index is 805. The zero-order chi connectivity index (χ0) is 18.0. The van der Waals surface area contributed by atoms with Crippen LogP contribution < -0.4 is 10.6 Å². The number of carbonyl (C=O) groups is 1. The fraction of sp³-hybridized carbons (Fsp3) is 0.529. The van der Waals surface area contributed by atoms with E-state index >= 15 is 0 Å². The number of rotatable bonds is 5. The summed E-state index contributed by atoms with van der Waals surface area (Å²) in [5, 5.41) is 6.92. The minimum atomic E-state index is -2.95. The van der Waals surface area contributed by atoms with E-state index in [1.807, 2.05) is 25.1 Å². The fourth-order valence-corrected chi connectivity index (χ4v) is 6.58. The van der Waals surface area contributed by atoms with Crippen molar-refractivity contribution in [2.75, 3.05) is 23.4 Å². The number of aryl methyl sites for hydroxylation is 1. The first kappa shape index (κ1) is 18.3. The number of hydrogen-bond acceptors (Lipinski definition) is 6. The molecule has 6 nitrogen and oxygen atoms in total. The molecule has 25 heavy (non-hydrogen) atoms. The maximum atomic E-state index is 12.2. The molecule has 0 radical (unpaired) electrons. The maximum Gasteiger partial charge on any atom is 0.251 e. The van der Waals surface area contributed by atoms with Crippen molar-refractivity contribution in [2.24, 2.45) is 4.99 Å². The van der Waals surface area contributed by atoms with Crippen molar-refractivity contribution in [1.29, 1.82) is 0 Å². The van der Waals surface area contributed by atoms with Crippen LogP contribution in [0.2, 0.25) is 0 Å². The van der Waals surface area contributed by atoms with E-state index in [1.165, 1.54) is 11.8 Å². The minimum absolute atomic E-state index is 0.00771. The number of anilines is 1. The molecule has 3 rings (SSSR count). The molecule has 2 atom stereocenters. The summed E-state index contributed by atoms with van der Waals surface area (Å²) >= 11 is 1.48. The lowest BCUT2D eigenvalue weighted by atomic mass is 10.1. The molecule has 0 saturated carbocycles. The van der Waals surface area contributed by atoms with E-state index in [-0.39, 0.29) is 28.7 Å². The standard InChI is InChI=1S/C17H23N3O3S2/c1-3-4-7-18-16(21)12-6-5-11(2)13(8-12)19-17-20-14-9-25(22,23)10-15(14)24-17/h5-6,8,14-15H,3-4,7,9-10H2,1-2H3,(H,18,21)(H,19,20). The molecule has 136 valence electrons. The largest absolute Gasteiger partial charge is 0.352 e. The number of unbranched alkanes of at least 4 members (excludes halogenated alkanes) is 1. The summed E-state index contributed by atoms with van der Waals surface area (Å²) in [6.45, 7) is 4.72. The Kier molecular flexibility index (Phi) is 5.38. The lowest BCUT2D eigenvalue weighted by Crippen LogP contribution is -2.24. The molecule has 0 spiro atoms. The van der Waals surface area contributed by atoms with Gasteiger partial charge < -0.3 is 10.6 Å². The average molecular weight is 382 g/mol. The third-order valence-corrected chi connectivity index (χ3v) is 7.52. The quantitative estimate of drug-likeness (QED) is 0.764. The molecule has 2 heterocycles. The van der Waals surface area contributed by atoms with E-state index in [1.54, 1.807) is 0 Å². The molecule has 1 aromatic carbocycles. The van der Waals surface area contributed by atoms with Gasteiger partial charge in [-0.15, -0.1) is 0 Å². The Morgan fingerprint density at radius 3 is 2.88 bits per heavy atom. The minimum Gasteiger partial charge on any atom is -0.352 e. The molecule has 2 aliphatic heterocycles. The van der Waals surface area contributed by atoms with Gasteiger partial charge in [-0.3, -0.25) is 9.79 Å². The first-order valence-electron chi connectivity index (χ1n) is 8.48. The van der Waals surface area contributed by atoms with Crippen LogP contribution in [0.15, 0.2) is 23.2 Å². The van der Waals surface area contributed by atoms with Gasteiger partial charge in [-0.2, -0.15) is 0 Å². The van der Waals surface area contributed by atoms with Gasteiger partial charge in [0.2, 0.25) is 0 Å². The molecule has 2 N–H and O–H groups in total. The number of hydrogen-bond donors (Lipinski definition) is 2. The molecule has 2 unspecified atom stereocenters. The van der Waals surface area contributed by atoms with Gasteiger partial charge in [0.25, 0.3) is 5.91 Å². The molecular formula is C17H23N3O3S2. The normalized spacial score (nSPS) is 23.8. The number of thioether (sulfide) groups is 1. The van der Waals surface area contributed by atoms with E-state index in [9.17, 15) is 13.2 Å². The highest BCUT2D eigenvalue weighted by Gasteiger charge is 2.42. The fourth-order valence-electron chi connectivity index (χ4n) is 2.91. The van der Waals surface area contributed by atoms with E-state index in [4.69, 9.17) is 0 Å². The number of aliphatic imine (C=N–C) groups is 1. The third-order valence-electron chi connectivity index (χ3n) is 4.38. The number of nitrogens with one attached hydrogen (secondary N) is 2. The van der Waals surface area contributed by atoms with Gasteiger partial charge in [0.15, 0.2) is 15.0 Å². The highest BCUT2D eigenvalue weighted by Crippen LogP contribution is 2.35. The highest BCUT2D eigenvalue weighted by atomic mass is 32.2. The third kappa shape index (κ3) is 4.36. The molecule has 1 amide bonds. The molecule has 2 aliphatic rings. The SMILES string of the molecule is CCCCNC(=O)c1ccc(C)c(NC2=NC3CS(=O)(=O)CC3S2)c1. The van der Waals surface area contributed by atoms with Crippen LogP contribution in [-0.2, 0) is 9.84 Å². The zero-order valence-corrected chi connectivity index (χ0v) is 16.0. The lowest BCUT2D eigenvalue weighted by Gasteiger charge is -2.12. The highest BCUT2D eigenvalue weighted by molar-refractivity contribution is 8.15. The number of carbonyl (C=O) groups excluding carboxylic acids is 1. The van der Waals surface area contributed by atoms with E-state index in [2.05, 4.69) is 22.5 Å². The van der Waals surface area contributed by atoms with Gasteiger partial charge >= 0.3 is 0 Å². The first-order chi connectivity index (χ1) is 11.9. The summed E-state index contributed by atoms with van der Waals surface area (Å²) in [7, 11) is -2.95. The van der Waals surface area contributed by atoms with Crippen molar-refractivity contribution in [3.63, 3.8) is 0 Å². The summed E-state index contributed by atoms with van der Waals surface area (Å²) in [6.07, 6.45) is 2.00. The second-order valence-corrected chi connectivity index (χ2v) is 9.88. The van der Waals surface area contributed by atoms with Gasteiger partial charge in [-0.05, 0) is 31.0 Å². The molecule has 0 aromatic heterocycles. The van der Waals surface area contributed by atoms with Crippen molar-refractivity contribution >= 4 is 38.4 Å². The van der Waals surface area contributed by atoms with Crippen LogP contribution in [0, 0.1) is 6.92 Å². The van der Waals surface area contributed by atoms with Gasteiger partial charge in [0.05, 0.1) is 17.5 Å². The number of amidine groups is 1. The average Bonchev–Trinajstić information content (AvgIpc) is 3.02. The second kappa shape index (κ2) is 7.37. The topological polar surface area (TPSA) is 87.6 Å². The summed E-state index contributed by atoms with van der Waals surface area (Å²) in [5.41, 5.74) is 2.45. The Hall–Kier alpha value is -1.54. The number of benzene rings is 1. The number of nitrogens with zero attached hydrogens (tertiary/aromatic N) is 1. The summed E-state index contributed by atoms with van der Waals surface area (Å²) < 4.78 is 23.3. The smallest absolute Gasteiger partial charge is 0.251 e. The molecule has 1 saturated heterocycles. The molecular weight excluding hydrogens is 358 g/mol. The molecule has 1 aromatic rings. The molecule has 8 heteroatoms. The molecule has 1 fully saturated rings. The van der Waals surface area contributed by atoms with Gasteiger partial charge in [-0.1, -0.05) is 31.2 Å². The monoisotopic (exact) mass is 381 g/mol. The Morgan fingerprint density at radius 2 is 2.16 bits per heavy atom. The van der Waals surface area contributed by atoms with E-state index in [0.29, 0.717) is 12.1 Å². The van der Waals surface area contributed by atoms with Crippen molar-refractivity contribution in [3.05, 3.63) is 29.3 Å². The van der Waals surface area contributed by atoms with Crippen LogP contribution in [0.4, 0.5) is 5.69 Å². The predicted molar refractivity (Wildman–Crippen MR) is 103 cm³/mol. The van der Waals surface area contributed by atoms with Crippen LogP contribution in [0.25, 0.3) is 0 Å². The lowest BCUT2D eigenvalue weighted by molar-refractivity contribution is 0.0953. The zero-order valence-electron chi connectivity index (χ0n) is 14.4. The van der Waals surface area contributed by atoms with Crippen LogP contribution in [0.3, 0.4) is 0 Å². The molecule has 0 aliphatic carbocycles. The van der Waals surface area contributed by atoms with Gasteiger partial charge in [-0.25, -0.2) is 8.42 Å². The van der Waals surface area contributed by atoms with Gasteiger partial charge in [0, 0.05) is 23.0 Å². The number of fused-ring (bicyclic) bond motifs is 1. The number of sulfone groups is 1. The summed E-state index contributed by atoms with van der Waals surface area (Å²) in [4.78, 5) is 16.7. The van der Waals surface area contributed by atoms with Crippen molar-refractivity contribution in [3.8, 4) is 0 Å². The first-order valence-corrected chi connectivity index (χ1v) is 11.2. The van der Waals surface area contributed by atoms with E-state index < -0.39 is 9.84 Å². The summed E-state index contributed by atoms with van der Waals surface area (Å²) in [6, 6.07) is 5.39. The van der Waals surface area contributed by atoms with Crippen molar-refractivity contribution < 1.29 is 13.2 Å². The van der Waals surface area contributed by atoms with Crippen LogP contribution >= 0.6 is 11.8 Å². The number of amides is 1. The van der Waals surface area contributed by atoms with Crippen molar-refractivity contribution in [1.82, 2.24) is 5.32 Å². The Morgan fingerprint density at radius 1 is 1.36 bits per heavy atom. The Labute approximate surface area is 152 Å². The Balaban J connectivity index is 1.69. The van der Waals surface area contributed by atoms with Crippen LogP contribution in [0.1, 0.15) is 35.7 Å². The van der Waals surface area contributed by atoms with Crippen LogP contribution in [0.5, 0.6) is 0 Å². The molecule has 0 bridgehead atoms. The van der Waals surface area contributed by atoms with Crippen LogP contribution in [-0.4, -0.2) is 48.8 Å². The van der Waals surface area contributed by atoms with E-state index in [0.717, 1.165) is 29.3 Å². The van der Waals surface area contributed by atoms with Gasteiger partial charge in [0.1, 0.15) is 0 Å².